The highest BCUT2D eigenvalue weighted by Crippen LogP contribution is 2.22. The van der Waals surface area contributed by atoms with Crippen molar-refractivity contribution in [2.45, 2.75) is 33.0 Å². The number of hydrogen-bond acceptors (Lipinski definition) is 7. The van der Waals surface area contributed by atoms with Crippen LogP contribution in [0.15, 0.2) is 42.6 Å². The lowest BCUT2D eigenvalue weighted by Crippen LogP contribution is -2.33. The molecular formula is C23H25FN6O4. The number of carbonyl (C=O) groups excluding carboxylic acids is 1. The van der Waals surface area contributed by atoms with Gasteiger partial charge in [0.2, 0.25) is 0 Å². The number of pyridine rings is 1. The predicted octanol–water partition coefficient (Wildman–Crippen LogP) is 3.03. The van der Waals surface area contributed by atoms with Gasteiger partial charge in [-0.25, -0.2) is 4.39 Å². The molecule has 1 aliphatic rings. The number of amides is 1. The highest BCUT2D eigenvalue weighted by molar-refractivity contribution is 5.95. The van der Waals surface area contributed by atoms with Gasteiger partial charge in [-0.05, 0) is 43.0 Å². The molecule has 0 unspecified atom stereocenters. The Labute approximate surface area is 195 Å². The van der Waals surface area contributed by atoms with Crippen LogP contribution in [0.2, 0.25) is 0 Å². The van der Waals surface area contributed by atoms with Crippen LogP contribution in [-0.4, -0.2) is 56.0 Å². The zero-order chi connectivity index (χ0) is 24.2. The van der Waals surface area contributed by atoms with E-state index in [2.05, 4.69) is 20.2 Å². The number of aromatic nitrogens is 3. The number of hydrogen-bond donors (Lipinski definition) is 1. The maximum Gasteiger partial charge on any atom is 0.414 e. The summed E-state index contributed by atoms with van der Waals surface area (Å²) in [5.74, 6) is -1.29. The van der Waals surface area contributed by atoms with E-state index in [1.165, 1.54) is 18.3 Å². The van der Waals surface area contributed by atoms with Gasteiger partial charge in [0, 0.05) is 42.8 Å². The summed E-state index contributed by atoms with van der Waals surface area (Å²) in [4.78, 5) is 33.3. The Hall–Kier alpha value is -3.86. The first-order valence-corrected chi connectivity index (χ1v) is 10.9. The number of benzene rings is 1. The average molecular weight is 468 g/mol. The standard InChI is InChI=1S/C23H25FN6O4/c1-15(2)25-22(31)18-7-6-16(12-19(18)24)20-5-3-4-17(26-20)13-28-8-9-29-14-21(30(32)33)27-23(29)34-11-10-28/h3-7,12,14-15H,8-11,13H2,1-2H3,(H,25,31). The zero-order valence-electron chi connectivity index (χ0n) is 18.9. The fourth-order valence-corrected chi connectivity index (χ4v) is 3.69. The summed E-state index contributed by atoms with van der Waals surface area (Å²) in [6, 6.07) is 10.2. The highest BCUT2D eigenvalue weighted by atomic mass is 19.1. The zero-order valence-corrected chi connectivity index (χ0v) is 18.9. The van der Waals surface area contributed by atoms with Crippen LogP contribution in [0, 0.1) is 15.9 Å². The van der Waals surface area contributed by atoms with Gasteiger partial charge in [0.1, 0.15) is 18.6 Å². The van der Waals surface area contributed by atoms with Gasteiger partial charge in [-0.15, -0.1) is 0 Å². The van der Waals surface area contributed by atoms with Gasteiger partial charge in [-0.3, -0.25) is 19.2 Å². The van der Waals surface area contributed by atoms with E-state index in [-0.39, 0.29) is 23.4 Å². The number of rotatable bonds is 6. The van der Waals surface area contributed by atoms with Crippen LogP contribution in [0.1, 0.15) is 29.9 Å². The normalized spacial score (nSPS) is 14.1. The first-order valence-electron chi connectivity index (χ1n) is 10.9. The molecule has 0 radical (unpaired) electrons. The van der Waals surface area contributed by atoms with Gasteiger partial charge in [0.05, 0.1) is 17.0 Å². The Morgan fingerprint density at radius 2 is 2.06 bits per heavy atom. The van der Waals surface area contributed by atoms with Crippen LogP contribution in [0.3, 0.4) is 0 Å². The van der Waals surface area contributed by atoms with Crippen molar-refractivity contribution < 1.29 is 18.8 Å². The van der Waals surface area contributed by atoms with Crippen molar-refractivity contribution in [2.75, 3.05) is 19.7 Å². The van der Waals surface area contributed by atoms with Gasteiger partial charge in [-0.2, -0.15) is 0 Å². The second-order valence-electron chi connectivity index (χ2n) is 8.29. The molecule has 178 valence electrons. The summed E-state index contributed by atoms with van der Waals surface area (Å²) in [7, 11) is 0. The van der Waals surface area contributed by atoms with Crippen molar-refractivity contribution in [3.05, 3.63) is 69.8 Å². The lowest BCUT2D eigenvalue weighted by atomic mass is 10.1. The third kappa shape index (κ3) is 5.37. The molecule has 4 rings (SSSR count). The molecule has 3 heterocycles. The Bertz CT molecular complexity index is 1210. The summed E-state index contributed by atoms with van der Waals surface area (Å²) in [5.41, 5.74) is 1.96. The number of halogens is 1. The second kappa shape index (κ2) is 9.96. The Morgan fingerprint density at radius 3 is 2.79 bits per heavy atom. The van der Waals surface area contributed by atoms with Gasteiger partial charge in [0.25, 0.3) is 5.91 Å². The summed E-state index contributed by atoms with van der Waals surface area (Å²) in [5, 5.41) is 13.7. The molecule has 11 heteroatoms. The molecule has 0 bridgehead atoms. The van der Waals surface area contributed by atoms with Gasteiger partial charge < -0.3 is 20.2 Å². The SMILES string of the molecule is CC(C)NC(=O)c1ccc(-c2cccc(CN3CCOc4nc([N+](=O)[O-])cn4CC3)n2)cc1F. The van der Waals surface area contributed by atoms with Crippen LogP contribution < -0.4 is 10.1 Å². The lowest BCUT2D eigenvalue weighted by molar-refractivity contribution is -0.389. The molecule has 10 nitrogen and oxygen atoms in total. The summed E-state index contributed by atoms with van der Waals surface area (Å²) >= 11 is 0. The van der Waals surface area contributed by atoms with Crippen molar-refractivity contribution in [3.63, 3.8) is 0 Å². The molecule has 0 atom stereocenters. The number of fused-ring (bicyclic) bond motifs is 1. The Morgan fingerprint density at radius 1 is 1.24 bits per heavy atom. The smallest absolute Gasteiger partial charge is 0.414 e. The molecule has 0 aliphatic carbocycles. The van der Waals surface area contributed by atoms with Crippen molar-refractivity contribution in [2.24, 2.45) is 0 Å². The molecule has 2 aromatic heterocycles. The highest BCUT2D eigenvalue weighted by Gasteiger charge is 2.23. The average Bonchev–Trinajstić information content (AvgIpc) is 3.18. The maximum atomic E-state index is 14.6. The Balaban J connectivity index is 1.46. The lowest BCUT2D eigenvalue weighted by Gasteiger charge is -2.24. The number of carbonyl (C=O) groups is 1. The number of nitrogens with one attached hydrogen (secondary N) is 1. The van der Waals surface area contributed by atoms with Crippen LogP contribution in [-0.2, 0) is 13.1 Å². The molecule has 0 saturated heterocycles. The monoisotopic (exact) mass is 468 g/mol. The minimum atomic E-state index is -0.603. The van der Waals surface area contributed by atoms with Crippen molar-refractivity contribution in [3.8, 4) is 17.3 Å². The molecule has 1 amide bonds. The van der Waals surface area contributed by atoms with Gasteiger partial charge in [0.15, 0.2) is 0 Å². The molecule has 3 aromatic rings. The number of nitrogens with zero attached hydrogens (tertiary/aromatic N) is 5. The summed E-state index contributed by atoms with van der Waals surface area (Å²) in [6.45, 7) is 6.21. The molecule has 1 aliphatic heterocycles. The van der Waals surface area contributed by atoms with Crippen LogP contribution >= 0.6 is 0 Å². The van der Waals surface area contributed by atoms with Crippen LogP contribution in [0.4, 0.5) is 10.2 Å². The molecule has 1 N–H and O–H groups in total. The van der Waals surface area contributed by atoms with E-state index in [9.17, 15) is 19.3 Å². The quantitative estimate of drug-likeness (QED) is 0.437. The van der Waals surface area contributed by atoms with Crippen molar-refractivity contribution >= 4 is 11.7 Å². The van der Waals surface area contributed by atoms with Crippen molar-refractivity contribution in [1.82, 2.24) is 24.8 Å². The number of ether oxygens (including phenoxy) is 1. The van der Waals surface area contributed by atoms with Crippen molar-refractivity contribution in [1.29, 1.82) is 0 Å². The fraction of sp³-hybridized carbons (Fsp3) is 0.348. The number of nitro groups is 1. The van der Waals surface area contributed by atoms with Crippen LogP contribution in [0.25, 0.3) is 11.3 Å². The molecule has 34 heavy (non-hydrogen) atoms. The molecule has 1 aromatic carbocycles. The van der Waals surface area contributed by atoms with E-state index in [1.807, 2.05) is 26.0 Å². The van der Waals surface area contributed by atoms with E-state index >= 15 is 0 Å². The minimum absolute atomic E-state index is 0.00616. The predicted molar refractivity (Wildman–Crippen MR) is 122 cm³/mol. The van der Waals surface area contributed by atoms with Crippen LogP contribution in [0.5, 0.6) is 6.01 Å². The first kappa shape index (κ1) is 23.3. The summed E-state index contributed by atoms with van der Waals surface area (Å²) < 4.78 is 21.8. The first-order chi connectivity index (χ1) is 16.3. The van der Waals surface area contributed by atoms with E-state index in [4.69, 9.17) is 4.74 Å². The fourth-order valence-electron chi connectivity index (χ4n) is 3.69. The molecule has 0 spiro atoms. The summed E-state index contributed by atoms with van der Waals surface area (Å²) in [6.07, 6.45) is 1.37. The van der Waals surface area contributed by atoms with Gasteiger partial charge in [-0.1, -0.05) is 12.1 Å². The maximum absolute atomic E-state index is 14.6. The minimum Gasteiger partial charge on any atom is -0.444 e. The second-order valence-corrected chi connectivity index (χ2v) is 8.29. The third-order valence-electron chi connectivity index (χ3n) is 5.33. The third-order valence-corrected chi connectivity index (χ3v) is 5.33. The van der Waals surface area contributed by atoms with E-state index in [0.717, 1.165) is 5.69 Å². The van der Waals surface area contributed by atoms with E-state index < -0.39 is 16.6 Å². The molecule has 0 saturated carbocycles. The number of imidazole rings is 1. The molecular weight excluding hydrogens is 443 g/mol. The van der Waals surface area contributed by atoms with E-state index in [0.29, 0.717) is 44.0 Å². The Kier molecular flexibility index (Phi) is 6.82. The largest absolute Gasteiger partial charge is 0.444 e. The van der Waals surface area contributed by atoms with E-state index in [1.54, 1.807) is 16.7 Å². The topological polar surface area (TPSA) is 115 Å². The molecule has 0 fully saturated rings. The van der Waals surface area contributed by atoms with Gasteiger partial charge >= 0.3 is 11.8 Å².